The predicted octanol–water partition coefficient (Wildman–Crippen LogP) is 5.68. The molecule has 0 spiro atoms. The minimum absolute atomic E-state index is 0. The molecule has 0 radical (unpaired) electrons. The summed E-state index contributed by atoms with van der Waals surface area (Å²) < 4.78 is 27.8. The Hall–Kier alpha value is -1.26. The third-order valence-corrected chi connectivity index (χ3v) is 7.65. The highest BCUT2D eigenvalue weighted by molar-refractivity contribution is 9.10. The second-order valence-electron chi connectivity index (χ2n) is 6.31. The summed E-state index contributed by atoms with van der Waals surface area (Å²) in [6, 6.07) is 14.9. The average Bonchev–Trinajstić information content (AvgIpc) is 3.36. The van der Waals surface area contributed by atoms with Crippen molar-refractivity contribution in [3.05, 3.63) is 58.4 Å². The maximum absolute atomic E-state index is 12.6. The molecule has 5 nitrogen and oxygen atoms in total. The molecule has 0 saturated carbocycles. The quantitative estimate of drug-likeness (QED) is 0.449. The standard InChI is InChI=1S/C19H18BrN3O2S2.BrH/c20-15-5-7-16(8-6-15)21-19-22-18(13-26-19)14-3-9-17(10-4-14)27(24,25)23-11-1-2-12-23;/h3-10,13H,1-2,11-12H2,(H,21,22);1H. The maximum atomic E-state index is 12.6. The van der Waals surface area contributed by atoms with Gasteiger partial charge in [0.15, 0.2) is 5.13 Å². The molecule has 0 amide bonds. The Morgan fingerprint density at radius 2 is 1.64 bits per heavy atom. The van der Waals surface area contributed by atoms with Gasteiger partial charge >= 0.3 is 0 Å². The van der Waals surface area contributed by atoms with E-state index in [1.807, 2.05) is 41.8 Å². The van der Waals surface area contributed by atoms with Crippen LogP contribution in [0.5, 0.6) is 0 Å². The minimum Gasteiger partial charge on any atom is -0.332 e. The summed E-state index contributed by atoms with van der Waals surface area (Å²) in [6.07, 6.45) is 1.87. The van der Waals surface area contributed by atoms with Gasteiger partial charge in [-0.2, -0.15) is 4.31 Å². The maximum Gasteiger partial charge on any atom is 0.243 e. The highest BCUT2D eigenvalue weighted by Gasteiger charge is 2.26. The van der Waals surface area contributed by atoms with Crippen LogP contribution in [0.3, 0.4) is 0 Å². The Bertz CT molecular complexity index is 1030. The van der Waals surface area contributed by atoms with Gasteiger partial charge in [-0.05, 0) is 49.2 Å². The van der Waals surface area contributed by atoms with E-state index >= 15 is 0 Å². The first-order valence-corrected chi connectivity index (χ1v) is 11.7. The van der Waals surface area contributed by atoms with Gasteiger partial charge in [-0.25, -0.2) is 13.4 Å². The third-order valence-electron chi connectivity index (χ3n) is 4.45. The lowest BCUT2D eigenvalue weighted by Gasteiger charge is -2.15. The molecule has 0 atom stereocenters. The third kappa shape index (κ3) is 4.65. The molecule has 3 aromatic rings. The molecule has 1 N–H and O–H groups in total. The van der Waals surface area contributed by atoms with Crippen LogP contribution in [-0.2, 0) is 10.0 Å². The lowest BCUT2D eigenvalue weighted by Crippen LogP contribution is -2.27. The molecule has 9 heteroatoms. The van der Waals surface area contributed by atoms with Gasteiger partial charge in [-0.1, -0.05) is 28.1 Å². The molecule has 1 aliphatic heterocycles. The molecule has 0 aliphatic carbocycles. The van der Waals surface area contributed by atoms with E-state index in [9.17, 15) is 8.42 Å². The predicted molar refractivity (Wildman–Crippen MR) is 123 cm³/mol. The van der Waals surface area contributed by atoms with Crippen LogP contribution in [0.4, 0.5) is 10.8 Å². The van der Waals surface area contributed by atoms with E-state index in [1.54, 1.807) is 16.4 Å². The van der Waals surface area contributed by atoms with Crippen molar-refractivity contribution in [2.45, 2.75) is 17.7 Å². The highest BCUT2D eigenvalue weighted by atomic mass is 79.9. The number of rotatable bonds is 5. The normalized spacial score (nSPS) is 14.6. The van der Waals surface area contributed by atoms with Gasteiger partial charge in [0.1, 0.15) is 0 Å². The zero-order valence-corrected chi connectivity index (χ0v) is 19.8. The summed E-state index contributed by atoms with van der Waals surface area (Å²) >= 11 is 4.93. The molecule has 2 aromatic carbocycles. The fraction of sp³-hybridized carbons (Fsp3) is 0.211. The molecular weight excluding hydrogens is 526 g/mol. The molecular formula is C19H19Br2N3O2S2. The van der Waals surface area contributed by atoms with Crippen molar-refractivity contribution in [2.75, 3.05) is 18.4 Å². The van der Waals surface area contributed by atoms with E-state index in [2.05, 4.69) is 26.2 Å². The fourth-order valence-corrected chi connectivity index (χ4v) is 5.52. The Balaban J connectivity index is 0.00000225. The van der Waals surface area contributed by atoms with Gasteiger partial charge < -0.3 is 5.32 Å². The number of aromatic nitrogens is 1. The monoisotopic (exact) mass is 543 g/mol. The first-order chi connectivity index (χ1) is 13.0. The van der Waals surface area contributed by atoms with Crippen LogP contribution in [0.15, 0.2) is 63.3 Å². The van der Waals surface area contributed by atoms with Gasteiger partial charge in [0.05, 0.1) is 10.6 Å². The number of anilines is 2. The smallest absolute Gasteiger partial charge is 0.243 e. The van der Waals surface area contributed by atoms with Crippen LogP contribution in [0.25, 0.3) is 11.3 Å². The number of thiazole rings is 1. The molecule has 28 heavy (non-hydrogen) atoms. The minimum atomic E-state index is -3.38. The van der Waals surface area contributed by atoms with E-state index < -0.39 is 10.0 Å². The zero-order chi connectivity index (χ0) is 18.9. The van der Waals surface area contributed by atoms with Gasteiger partial charge in [0, 0.05) is 34.2 Å². The van der Waals surface area contributed by atoms with Crippen molar-refractivity contribution in [1.82, 2.24) is 9.29 Å². The van der Waals surface area contributed by atoms with E-state index in [0.717, 1.165) is 39.4 Å². The molecule has 1 fully saturated rings. The molecule has 0 unspecified atom stereocenters. The SMILES string of the molecule is Br.O=S(=O)(c1ccc(-c2csc(Nc3ccc(Br)cc3)n2)cc1)N1CCCC1. The summed E-state index contributed by atoms with van der Waals surface area (Å²) in [5.74, 6) is 0. The van der Waals surface area contributed by atoms with Gasteiger partial charge in [0.25, 0.3) is 0 Å². The molecule has 1 saturated heterocycles. The number of sulfonamides is 1. The number of hydrogen-bond donors (Lipinski definition) is 1. The molecule has 4 rings (SSSR count). The van der Waals surface area contributed by atoms with Crippen LogP contribution in [0.1, 0.15) is 12.8 Å². The van der Waals surface area contributed by atoms with Crippen molar-refractivity contribution in [3.63, 3.8) is 0 Å². The fourth-order valence-electron chi connectivity index (χ4n) is 3.00. The van der Waals surface area contributed by atoms with Gasteiger partial charge in [0.2, 0.25) is 10.0 Å². The van der Waals surface area contributed by atoms with E-state index in [-0.39, 0.29) is 17.0 Å². The van der Waals surface area contributed by atoms with Crippen LogP contribution in [0.2, 0.25) is 0 Å². The summed E-state index contributed by atoms with van der Waals surface area (Å²) in [6.45, 7) is 1.22. The van der Waals surface area contributed by atoms with Gasteiger partial charge in [-0.15, -0.1) is 28.3 Å². The van der Waals surface area contributed by atoms with Crippen molar-refractivity contribution in [2.24, 2.45) is 0 Å². The number of halogens is 2. The van der Waals surface area contributed by atoms with E-state index in [1.165, 1.54) is 11.3 Å². The Morgan fingerprint density at radius 1 is 1.00 bits per heavy atom. The number of nitrogens with zero attached hydrogens (tertiary/aromatic N) is 2. The molecule has 2 heterocycles. The Labute approximate surface area is 187 Å². The summed E-state index contributed by atoms with van der Waals surface area (Å²) in [4.78, 5) is 4.95. The summed E-state index contributed by atoms with van der Waals surface area (Å²) in [5, 5.41) is 6.03. The average molecular weight is 545 g/mol. The van der Waals surface area contributed by atoms with Crippen LogP contribution >= 0.6 is 44.2 Å². The van der Waals surface area contributed by atoms with E-state index in [0.29, 0.717) is 18.0 Å². The molecule has 1 aliphatic rings. The van der Waals surface area contributed by atoms with Gasteiger partial charge in [-0.3, -0.25) is 0 Å². The Kier molecular flexibility index (Phi) is 6.93. The number of benzene rings is 2. The van der Waals surface area contributed by atoms with Crippen LogP contribution in [-0.4, -0.2) is 30.8 Å². The molecule has 1 aromatic heterocycles. The Morgan fingerprint density at radius 3 is 2.29 bits per heavy atom. The number of nitrogens with one attached hydrogen (secondary N) is 1. The second kappa shape index (κ2) is 9.04. The number of hydrogen-bond acceptors (Lipinski definition) is 5. The zero-order valence-electron chi connectivity index (χ0n) is 14.8. The first kappa shape index (κ1) is 21.4. The van der Waals surface area contributed by atoms with Crippen molar-refractivity contribution >= 4 is 65.1 Å². The van der Waals surface area contributed by atoms with Crippen molar-refractivity contribution in [1.29, 1.82) is 0 Å². The van der Waals surface area contributed by atoms with Crippen LogP contribution in [0, 0.1) is 0 Å². The lowest BCUT2D eigenvalue weighted by atomic mass is 10.2. The summed E-state index contributed by atoms with van der Waals surface area (Å²) in [7, 11) is -3.38. The van der Waals surface area contributed by atoms with Crippen molar-refractivity contribution in [3.8, 4) is 11.3 Å². The molecule has 0 bridgehead atoms. The second-order valence-corrected chi connectivity index (χ2v) is 10.0. The largest absolute Gasteiger partial charge is 0.332 e. The highest BCUT2D eigenvalue weighted by Crippen LogP contribution is 2.29. The van der Waals surface area contributed by atoms with Crippen LogP contribution < -0.4 is 5.32 Å². The van der Waals surface area contributed by atoms with Crippen molar-refractivity contribution < 1.29 is 8.42 Å². The first-order valence-electron chi connectivity index (χ1n) is 8.61. The topological polar surface area (TPSA) is 62.3 Å². The summed E-state index contributed by atoms with van der Waals surface area (Å²) in [5.41, 5.74) is 2.69. The molecule has 148 valence electrons. The van der Waals surface area contributed by atoms with E-state index in [4.69, 9.17) is 0 Å². The lowest BCUT2D eigenvalue weighted by molar-refractivity contribution is 0.477.